The van der Waals surface area contributed by atoms with Crippen molar-refractivity contribution in [1.29, 1.82) is 0 Å². The van der Waals surface area contributed by atoms with Gasteiger partial charge in [0.15, 0.2) is 9.84 Å². The van der Waals surface area contributed by atoms with Crippen LogP contribution in [0.3, 0.4) is 0 Å². The molecule has 0 radical (unpaired) electrons. The average molecular weight is 254 g/mol. The highest BCUT2D eigenvalue weighted by Crippen LogP contribution is 2.18. The van der Waals surface area contributed by atoms with E-state index in [0.29, 0.717) is 0 Å². The van der Waals surface area contributed by atoms with Crippen molar-refractivity contribution in [3.63, 3.8) is 0 Å². The van der Waals surface area contributed by atoms with Crippen molar-refractivity contribution in [1.82, 2.24) is 5.32 Å². The molecule has 0 aromatic carbocycles. The van der Waals surface area contributed by atoms with Crippen LogP contribution in [0.1, 0.15) is 20.3 Å². The lowest BCUT2D eigenvalue weighted by molar-refractivity contribution is -0.125. The number of amides is 1. The van der Waals surface area contributed by atoms with Crippen LogP contribution in [0.2, 0.25) is 0 Å². The van der Waals surface area contributed by atoms with Gasteiger partial charge in [0, 0.05) is 5.92 Å². The number of carbonyl (C=O) groups is 1. The van der Waals surface area contributed by atoms with Gasteiger partial charge in [-0.1, -0.05) is 13.8 Å². The topological polar surface area (TPSA) is 63.2 Å². The maximum atomic E-state index is 11.5. The van der Waals surface area contributed by atoms with Crippen LogP contribution < -0.4 is 5.32 Å². The van der Waals surface area contributed by atoms with E-state index in [0.717, 1.165) is 6.42 Å². The van der Waals surface area contributed by atoms with Gasteiger partial charge in [-0.3, -0.25) is 4.79 Å². The summed E-state index contributed by atoms with van der Waals surface area (Å²) in [7, 11) is -3.07. The van der Waals surface area contributed by atoms with E-state index >= 15 is 0 Å². The third-order valence-electron chi connectivity index (χ3n) is 2.67. The van der Waals surface area contributed by atoms with Gasteiger partial charge in [0.2, 0.25) is 5.91 Å². The molecule has 1 fully saturated rings. The van der Waals surface area contributed by atoms with Crippen molar-refractivity contribution in [2.24, 2.45) is 5.92 Å². The lowest BCUT2D eigenvalue weighted by Crippen LogP contribution is -2.42. The Morgan fingerprint density at radius 3 is 2.53 bits per heavy atom. The Hall–Kier alpha value is -0.290. The van der Waals surface area contributed by atoms with Gasteiger partial charge in [0.25, 0.3) is 0 Å². The largest absolute Gasteiger partial charge is 0.351 e. The highest BCUT2D eigenvalue weighted by atomic mass is 35.5. The van der Waals surface area contributed by atoms with Gasteiger partial charge < -0.3 is 5.32 Å². The van der Waals surface area contributed by atoms with Crippen LogP contribution in [0, 0.1) is 5.92 Å². The molecule has 0 saturated carbocycles. The fraction of sp³-hybridized carbons (Fsp3) is 0.889. The molecule has 0 aromatic rings. The van der Waals surface area contributed by atoms with Gasteiger partial charge in [-0.25, -0.2) is 8.42 Å². The number of rotatable bonds is 3. The van der Waals surface area contributed by atoms with Gasteiger partial charge >= 0.3 is 0 Å². The highest BCUT2D eigenvalue weighted by Gasteiger charge is 2.37. The van der Waals surface area contributed by atoms with E-state index in [2.05, 4.69) is 5.32 Å². The molecule has 0 aliphatic carbocycles. The van der Waals surface area contributed by atoms with Crippen molar-refractivity contribution < 1.29 is 13.2 Å². The molecule has 1 amide bonds. The molecule has 1 aliphatic heterocycles. The third kappa shape index (κ3) is 3.34. The Morgan fingerprint density at radius 1 is 1.53 bits per heavy atom. The number of nitrogens with one attached hydrogen (secondary N) is 1. The zero-order valence-electron chi connectivity index (χ0n) is 8.86. The molecule has 6 heteroatoms. The van der Waals surface area contributed by atoms with E-state index < -0.39 is 21.3 Å². The minimum Gasteiger partial charge on any atom is -0.351 e. The van der Waals surface area contributed by atoms with Crippen molar-refractivity contribution in [3.05, 3.63) is 0 Å². The van der Waals surface area contributed by atoms with Gasteiger partial charge in [-0.2, -0.15) is 0 Å². The summed E-state index contributed by atoms with van der Waals surface area (Å²) >= 11 is 5.86. The Kier molecular flexibility index (Phi) is 4.00. The number of hydrogen-bond donors (Lipinski definition) is 1. The van der Waals surface area contributed by atoms with E-state index in [1.165, 1.54) is 0 Å². The van der Waals surface area contributed by atoms with Crippen LogP contribution in [0.5, 0.6) is 0 Å². The lowest BCUT2D eigenvalue weighted by atomic mass is 10.1. The normalized spacial score (nSPS) is 31.1. The average Bonchev–Trinajstić information content (AvgIpc) is 2.38. The molecular weight excluding hydrogens is 238 g/mol. The first-order chi connectivity index (χ1) is 6.85. The van der Waals surface area contributed by atoms with Crippen LogP contribution in [0.25, 0.3) is 0 Å². The van der Waals surface area contributed by atoms with E-state index in [1.807, 2.05) is 13.8 Å². The smallest absolute Gasteiger partial charge is 0.223 e. The third-order valence-corrected chi connectivity index (χ3v) is 5.05. The van der Waals surface area contributed by atoms with E-state index in [1.54, 1.807) is 0 Å². The Labute approximate surface area is 95.3 Å². The lowest BCUT2D eigenvalue weighted by Gasteiger charge is -2.17. The molecule has 88 valence electrons. The second-order valence-electron chi connectivity index (χ2n) is 4.02. The molecule has 3 atom stereocenters. The maximum Gasteiger partial charge on any atom is 0.223 e. The molecule has 0 bridgehead atoms. The monoisotopic (exact) mass is 253 g/mol. The van der Waals surface area contributed by atoms with E-state index in [-0.39, 0.29) is 23.3 Å². The van der Waals surface area contributed by atoms with Crippen molar-refractivity contribution >= 4 is 27.3 Å². The predicted molar refractivity (Wildman–Crippen MR) is 59.7 cm³/mol. The minimum absolute atomic E-state index is 0.0384. The quantitative estimate of drug-likeness (QED) is 0.748. The molecule has 15 heavy (non-hydrogen) atoms. The Morgan fingerprint density at radius 2 is 2.13 bits per heavy atom. The molecule has 4 nitrogen and oxygen atoms in total. The first-order valence-corrected chi connectivity index (χ1v) is 7.26. The summed E-state index contributed by atoms with van der Waals surface area (Å²) in [6, 6.07) is -0.432. The minimum atomic E-state index is -3.07. The zero-order valence-corrected chi connectivity index (χ0v) is 10.4. The fourth-order valence-corrected chi connectivity index (χ4v) is 4.00. The SMILES string of the molecule is CC[C@@H](C)C(=O)N[C@@H]1CS(=O)(=O)C[C@@H]1Cl. The Bertz CT molecular complexity index is 341. The number of hydrogen-bond acceptors (Lipinski definition) is 3. The second kappa shape index (κ2) is 4.70. The zero-order chi connectivity index (χ0) is 11.6. The molecule has 0 aromatic heterocycles. The number of sulfone groups is 1. The van der Waals surface area contributed by atoms with Crippen LogP contribution >= 0.6 is 11.6 Å². The summed E-state index contributed by atoms with van der Waals surface area (Å²) in [5, 5.41) is 2.19. The number of carbonyl (C=O) groups excluding carboxylic acids is 1. The van der Waals surface area contributed by atoms with Crippen LogP contribution in [-0.4, -0.2) is 37.2 Å². The first kappa shape index (κ1) is 12.8. The van der Waals surface area contributed by atoms with Crippen molar-refractivity contribution in [2.75, 3.05) is 11.5 Å². The molecule has 1 saturated heterocycles. The number of halogens is 1. The summed E-state index contributed by atoms with van der Waals surface area (Å²) < 4.78 is 22.5. The second-order valence-corrected chi connectivity index (χ2v) is 6.73. The van der Waals surface area contributed by atoms with Gasteiger partial charge in [0.05, 0.1) is 22.9 Å². The van der Waals surface area contributed by atoms with Crippen LogP contribution in [-0.2, 0) is 14.6 Å². The molecule has 1 heterocycles. The first-order valence-electron chi connectivity index (χ1n) is 5.00. The van der Waals surface area contributed by atoms with Crippen molar-refractivity contribution in [3.8, 4) is 0 Å². The van der Waals surface area contributed by atoms with E-state index in [9.17, 15) is 13.2 Å². The van der Waals surface area contributed by atoms with Gasteiger partial charge in [-0.15, -0.1) is 11.6 Å². The molecule has 1 rings (SSSR count). The Balaban J connectivity index is 2.57. The van der Waals surface area contributed by atoms with Gasteiger partial charge in [-0.05, 0) is 6.42 Å². The summed E-state index contributed by atoms with van der Waals surface area (Å²) in [4.78, 5) is 11.5. The summed E-state index contributed by atoms with van der Waals surface area (Å²) in [5.74, 6) is -0.300. The van der Waals surface area contributed by atoms with Gasteiger partial charge in [0.1, 0.15) is 0 Å². The summed E-state index contributed by atoms with van der Waals surface area (Å²) in [6.45, 7) is 3.72. The molecule has 1 aliphatic rings. The standard InChI is InChI=1S/C9H16ClNO3S/c1-3-6(2)9(12)11-8-5-15(13,14)4-7(8)10/h6-8H,3-5H2,1-2H3,(H,11,12)/t6-,7+,8-/m1/s1. The molecule has 1 N–H and O–H groups in total. The molecule has 0 spiro atoms. The van der Waals surface area contributed by atoms with E-state index in [4.69, 9.17) is 11.6 Å². The van der Waals surface area contributed by atoms with Crippen LogP contribution in [0.4, 0.5) is 0 Å². The molecular formula is C9H16ClNO3S. The molecule has 0 unspecified atom stereocenters. The predicted octanol–water partition coefficient (Wildman–Crippen LogP) is 0.553. The maximum absolute atomic E-state index is 11.5. The number of alkyl halides is 1. The van der Waals surface area contributed by atoms with Crippen LogP contribution in [0.15, 0.2) is 0 Å². The summed E-state index contributed by atoms with van der Waals surface area (Å²) in [5.41, 5.74) is 0. The fourth-order valence-electron chi connectivity index (χ4n) is 1.45. The summed E-state index contributed by atoms with van der Waals surface area (Å²) in [6.07, 6.45) is 0.734. The van der Waals surface area contributed by atoms with Crippen molar-refractivity contribution in [2.45, 2.75) is 31.7 Å². The highest BCUT2D eigenvalue weighted by molar-refractivity contribution is 7.91.